The molecular formula is C15H14N2O4S2. The normalized spacial score (nSPS) is 11.7. The molecule has 6 nitrogen and oxygen atoms in total. The summed E-state index contributed by atoms with van der Waals surface area (Å²) in [4.78, 5) is -0.0488. The van der Waals surface area contributed by atoms with Gasteiger partial charge in [-0.2, -0.15) is 5.26 Å². The third-order valence-electron chi connectivity index (χ3n) is 3.15. The Morgan fingerprint density at radius 2 is 1.70 bits per heavy atom. The Balaban J connectivity index is 2.47. The lowest BCUT2D eigenvalue weighted by Gasteiger charge is -2.12. The average molecular weight is 350 g/mol. The number of nitriles is 1. The summed E-state index contributed by atoms with van der Waals surface area (Å²) in [5, 5.41) is 8.86. The van der Waals surface area contributed by atoms with Crippen molar-refractivity contribution in [3.05, 3.63) is 53.6 Å². The minimum Gasteiger partial charge on any atom is -0.279 e. The van der Waals surface area contributed by atoms with Gasteiger partial charge in [-0.05, 0) is 42.8 Å². The number of nitrogens with one attached hydrogen (secondary N) is 1. The molecule has 0 aliphatic rings. The molecule has 0 saturated carbocycles. The fourth-order valence-corrected chi connectivity index (χ4v) is 3.69. The molecule has 23 heavy (non-hydrogen) atoms. The Kier molecular flexibility index (Phi) is 4.45. The second-order valence-corrected chi connectivity index (χ2v) is 8.69. The number of nitrogens with zero attached hydrogens (tertiary/aromatic N) is 1. The molecule has 0 fully saturated rings. The van der Waals surface area contributed by atoms with Gasteiger partial charge < -0.3 is 0 Å². The maximum absolute atomic E-state index is 12.4. The van der Waals surface area contributed by atoms with Crippen LogP contribution in [0.1, 0.15) is 11.1 Å². The highest BCUT2D eigenvalue weighted by atomic mass is 32.2. The Morgan fingerprint density at radius 3 is 2.30 bits per heavy atom. The number of sulfone groups is 1. The van der Waals surface area contributed by atoms with E-state index in [0.717, 1.165) is 6.26 Å². The summed E-state index contributed by atoms with van der Waals surface area (Å²) in [5.41, 5.74) is 0.974. The summed E-state index contributed by atoms with van der Waals surface area (Å²) >= 11 is 0. The van der Waals surface area contributed by atoms with Gasteiger partial charge in [0.1, 0.15) is 0 Å². The van der Waals surface area contributed by atoms with E-state index in [1.165, 1.54) is 42.5 Å². The van der Waals surface area contributed by atoms with Crippen molar-refractivity contribution in [2.45, 2.75) is 16.7 Å². The number of hydrogen-bond acceptors (Lipinski definition) is 5. The van der Waals surface area contributed by atoms with E-state index in [-0.39, 0.29) is 21.0 Å². The van der Waals surface area contributed by atoms with Gasteiger partial charge in [0.15, 0.2) is 9.84 Å². The van der Waals surface area contributed by atoms with E-state index in [1.807, 2.05) is 6.07 Å². The highest BCUT2D eigenvalue weighted by molar-refractivity contribution is 7.92. The van der Waals surface area contributed by atoms with E-state index < -0.39 is 19.9 Å². The molecule has 0 aromatic heterocycles. The van der Waals surface area contributed by atoms with E-state index in [4.69, 9.17) is 5.26 Å². The van der Waals surface area contributed by atoms with Gasteiger partial charge in [-0.1, -0.05) is 12.1 Å². The molecule has 0 radical (unpaired) electrons. The molecule has 2 aromatic carbocycles. The Morgan fingerprint density at radius 1 is 1.00 bits per heavy atom. The van der Waals surface area contributed by atoms with E-state index in [2.05, 4.69) is 4.72 Å². The summed E-state index contributed by atoms with van der Waals surface area (Å²) in [7, 11) is -7.38. The van der Waals surface area contributed by atoms with E-state index >= 15 is 0 Å². The summed E-state index contributed by atoms with van der Waals surface area (Å²) in [5.74, 6) is 0. The largest absolute Gasteiger partial charge is 0.279 e. The number of hydrogen-bond donors (Lipinski definition) is 1. The van der Waals surface area contributed by atoms with Crippen LogP contribution in [0, 0.1) is 18.3 Å². The molecule has 0 atom stereocenters. The highest BCUT2D eigenvalue weighted by Gasteiger charge is 2.17. The Hall–Kier alpha value is -2.37. The molecule has 0 aliphatic heterocycles. The zero-order valence-corrected chi connectivity index (χ0v) is 14.1. The molecule has 120 valence electrons. The third-order valence-corrected chi connectivity index (χ3v) is 5.63. The second kappa shape index (κ2) is 6.02. The van der Waals surface area contributed by atoms with Crippen molar-refractivity contribution in [1.82, 2.24) is 0 Å². The lowest BCUT2D eigenvalue weighted by Crippen LogP contribution is -2.14. The van der Waals surface area contributed by atoms with Crippen molar-refractivity contribution in [3.63, 3.8) is 0 Å². The van der Waals surface area contributed by atoms with Gasteiger partial charge in [0.25, 0.3) is 10.0 Å². The first-order chi connectivity index (χ1) is 10.6. The van der Waals surface area contributed by atoms with Crippen LogP contribution >= 0.6 is 0 Å². The zero-order chi connectivity index (χ0) is 17.3. The van der Waals surface area contributed by atoms with Crippen molar-refractivity contribution < 1.29 is 16.8 Å². The molecule has 0 spiro atoms. The molecule has 0 aliphatic carbocycles. The lowest BCUT2D eigenvalue weighted by atomic mass is 10.2. The van der Waals surface area contributed by atoms with Gasteiger partial charge in [0, 0.05) is 6.26 Å². The topological polar surface area (TPSA) is 104 Å². The van der Waals surface area contributed by atoms with Gasteiger partial charge in [-0.3, -0.25) is 4.72 Å². The van der Waals surface area contributed by atoms with Gasteiger partial charge >= 0.3 is 0 Å². The summed E-state index contributed by atoms with van der Waals surface area (Å²) in [6.07, 6.45) is 1.05. The first-order valence-electron chi connectivity index (χ1n) is 6.47. The number of rotatable bonds is 4. The highest BCUT2D eigenvalue weighted by Crippen LogP contribution is 2.23. The summed E-state index contributed by atoms with van der Waals surface area (Å²) in [6, 6.07) is 11.7. The van der Waals surface area contributed by atoms with Crippen LogP contribution in [0.2, 0.25) is 0 Å². The zero-order valence-electron chi connectivity index (χ0n) is 12.4. The van der Waals surface area contributed by atoms with Crippen LogP contribution in [0.4, 0.5) is 5.69 Å². The van der Waals surface area contributed by atoms with E-state index in [0.29, 0.717) is 5.56 Å². The molecule has 0 saturated heterocycles. The molecule has 0 unspecified atom stereocenters. The fourth-order valence-electron chi connectivity index (χ4n) is 1.88. The Labute approximate surface area is 135 Å². The van der Waals surface area contributed by atoms with Crippen LogP contribution in [0.3, 0.4) is 0 Å². The van der Waals surface area contributed by atoms with Crippen LogP contribution < -0.4 is 4.72 Å². The fraction of sp³-hybridized carbons (Fsp3) is 0.133. The van der Waals surface area contributed by atoms with Gasteiger partial charge in [-0.25, -0.2) is 16.8 Å². The molecule has 0 bridgehead atoms. The van der Waals surface area contributed by atoms with Gasteiger partial charge in [0.2, 0.25) is 0 Å². The number of anilines is 1. The minimum absolute atomic E-state index is 0.0200. The number of sulfonamides is 1. The SMILES string of the molecule is Cc1ccc(S(C)(=O)=O)cc1NS(=O)(=O)c1cccc(C#N)c1. The van der Waals surface area contributed by atoms with Crippen LogP contribution in [-0.4, -0.2) is 23.1 Å². The standard InChI is InChI=1S/C15H14N2O4S2/c1-11-6-7-13(22(2,18)19)9-15(11)17-23(20,21)14-5-3-4-12(8-14)10-16/h3-9,17H,1-2H3. The van der Waals surface area contributed by atoms with Crippen molar-refractivity contribution in [1.29, 1.82) is 5.26 Å². The van der Waals surface area contributed by atoms with Crippen LogP contribution in [-0.2, 0) is 19.9 Å². The predicted molar refractivity (Wildman–Crippen MR) is 86.3 cm³/mol. The van der Waals surface area contributed by atoms with Crippen molar-refractivity contribution in [3.8, 4) is 6.07 Å². The number of benzene rings is 2. The predicted octanol–water partition coefficient (Wildman–Crippen LogP) is 2.07. The smallest absolute Gasteiger partial charge is 0.261 e. The van der Waals surface area contributed by atoms with E-state index in [1.54, 1.807) is 6.92 Å². The van der Waals surface area contributed by atoms with Crippen LogP contribution in [0.15, 0.2) is 52.3 Å². The quantitative estimate of drug-likeness (QED) is 0.909. The molecule has 1 N–H and O–H groups in total. The van der Waals surface area contributed by atoms with Crippen LogP contribution in [0.5, 0.6) is 0 Å². The maximum Gasteiger partial charge on any atom is 0.261 e. The number of aryl methyl sites for hydroxylation is 1. The van der Waals surface area contributed by atoms with Crippen molar-refractivity contribution in [2.75, 3.05) is 11.0 Å². The first-order valence-corrected chi connectivity index (χ1v) is 9.84. The van der Waals surface area contributed by atoms with Gasteiger partial charge in [-0.15, -0.1) is 0 Å². The average Bonchev–Trinajstić information content (AvgIpc) is 2.48. The van der Waals surface area contributed by atoms with Crippen molar-refractivity contribution in [2.24, 2.45) is 0 Å². The maximum atomic E-state index is 12.4. The molecule has 2 aromatic rings. The third kappa shape index (κ3) is 3.88. The lowest BCUT2D eigenvalue weighted by molar-refractivity contribution is 0.599. The van der Waals surface area contributed by atoms with Crippen LogP contribution in [0.25, 0.3) is 0 Å². The molecule has 0 heterocycles. The Bertz CT molecular complexity index is 1000. The van der Waals surface area contributed by atoms with E-state index in [9.17, 15) is 16.8 Å². The molecule has 0 amide bonds. The minimum atomic E-state index is -3.93. The molecule has 2 rings (SSSR count). The molecular weight excluding hydrogens is 336 g/mol. The van der Waals surface area contributed by atoms with Gasteiger partial charge in [0.05, 0.1) is 27.1 Å². The first kappa shape index (κ1) is 17.0. The summed E-state index contributed by atoms with van der Waals surface area (Å²) in [6.45, 7) is 1.66. The molecule has 8 heteroatoms. The van der Waals surface area contributed by atoms with Crippen molar-refractivity contribution >= 4 is 25.5 Å². The summed E-state index contributed by atoms with van der Waals surface area (Å²) < 4.78 is 50.4. The monoisotopic (exact) mass is 350 g/mol. The second-order valence-electron chi connectivity index (χ2n) is 4.99.